The molecule has 0 N–H and O–H groups in total. The van der Waals surface area contributed by atoms with Gasteiger partial charge in [-0.1, -0.05) is 24.3 Å². The van der Waals surface area contributed by atoms with Crippen LogP contribution in [0.3, 0.4) is 0 Å². The molecule has 0 aliphatic carbocycles. The van der Waals surface area contributed by atoms with E-state index in [1.165, 1.54) is 36.5 Å². The fraction of sp³-hybridized carbons (Fsp3) is 0.125. The first-order valence-corrected chi connectivity index (χ1v) is 8.20. The maximum Gasteiger partial charge on any atom is 0.269 e. The van der Waals surface area contributed by atoms with Gasteiger partial charge in [-0.3, -0.25) is 10.1 Å². The lowest BCUT2D eigenvalue weighted by Crippen LogP contribution is -2.26. The van der Waals surface area contributed by atoms with E-state index in [9.17, 15) is 18.5 Å². The molecule has 0 fully saturated rings. The smallest absolute Gasteiger partial charge is 0.258 e. The molecule has 2 aromatic carbocycles. The maximum atomic E-state index is 12.8. The van der Waals surface area contributed by atoms with Gasteiger partial charge in [-0.25, -0.2) is 12.7 Å². The van der Waals surface area contributed by atoms with Crippen molar-refractivity contribution in [2.24, 2.45) is 0 Å². The third-order valence-electron chi connectivity index (χ3n) is 3.37. The van der Waals surface area contributed by atoms with Crippen molar-refractivity contribution in [3.63, 3.8) is 0 Å². The average Bonchev–Trinajstić information content (AvgIpc) is 2.49. The summed E-state index contributed by atoms with van der Waals surface area (Å²) in [6, 6.07) is 10.4. The maximum absolute atomic E-state index is 12.8. The van der Waals surface area contributed by atoms with Gasteiger partial charge in [-0.2, -0.15) is 0 Å². The fourth-order valence-corrected chi connectivity index (χ4v) is 3.52. The van der Waals surface area contributed by atoms with Crippen LogP contribution in [-0.4, -0.2) is 13.3 Å². The lowest BCUT2D eigenvalue weighted by Gasteiger charge is -2.22. The molecule has 0 radical (unpaired) electrons. The molecule has 0 heterocycles. The van der Waals surface area contributed by atoms with Gasteiger partial charge in [0.1, 0.15) is 0 Å². The molecule has 23 heavy (non-hydrogen) atoms. The van der Waals surface area contributed by atoms with Crippen LogP contribution in [0.5, 0.6) is 0 Å². The van der Waals surface area contributed by atoms with Crippen molar-refractivity contribution in [1.29, 1.82) is 0 Å². The van der Waals surface area contributed by atoms with Crippen molar-refractivity contribution in [2.75, 3.05) is 4.31 Å². The summed E-state index contributed by atoms with van der Waals surface area (Å²) in [7, 11) is -3.83. The second-order valence-corrected chi connectivity index (χ2v) is 6.84. The number of hydrogen-bond donors (Lipinski definition) is 0. The van der Waals surface area contributed by atoms with Crippen molar-refractivity contribution in [3.8, 4) is 0 Å². The molecule has 0 bridgehead atoms. The molecular weight excluding hydrogens is 316 g/mol. The summed E-state index contributed by atoms with van der Waals surface area (Å²) in [6.45, 7) is 7.04. The number of nitro benzene ring substituents is 1. The highest BCUT2D eigenvalue weighted by Crippen LogP contribution is 2.29. The van der Waals surface area contributed by atoms with Crippen LogP contribution < -0.4 is 4.31 Å². The van der Waals surface area contributed by atoms with Gasteiger partial charge >= 0.3 is 0 Å². The number of anilines is 1. The molecule has 0 unspecified atom stereocenters. The number of nitro groups is 1. The summed E-state index contributed by atoms with van der Waals surface area (Å²) in [6.07, 6.45) is 1.18. The van der Waals surface area contributed by atoms with Crippen molar-refractivity contribution in [1.82, 2.24) is 0 Å². The second-order valence-electron chi connectivity index (χ2n) is 5.02. The highest BCUT2D eigenvalue weighted by Gasteiger charge is 2.24. The van der Waals surface area contributed by atoms with E-state index in [0.29, 0.717) is 11.3 Å². The number of non-ortho nitro benzene ring substituents is 1. The van der Waals surface area contributed by atoms with E-state index in [0.717, 1.165) is 9.87 Å². The molecule has 2 aromatic rings. The first kappa shape index (κ1) is 16.7. The summed E-state index contributed by atoms with van der Waals surface area (Å²) in [4.78, 5) is 10.4. The summed E-state index contributed by atoms with van der Waals surface area (Å²) in [5, 5.41) is 10.8. The molecule has 2 rings (SSSR count). The minimum absolute atomic E-state index is 0.0944. The van der Waals surface area contributed by atoms with E-state index < -0.39 is 14.9 Å². The van der Waals surface area contributed by atoms with Gasteiger partial charge in [0.15, 0.2) is 0 Å². The summed E-state index contributed by atoms with van der Waals surface area (Å²) >= 11 is 0. The predicted octanol–water partition coefficient (Wildman–Crippen LogP) is 3.55. The minimum atomic E-state index is -3.83. The Labute approximate surface area is 134 Å². The van der Waals surface area contributed by atoms with Crippen molar-refractivity contribution >= 4 is 21.4 Å². The van der Waals surface area contributed by atoms with Crippen molar-refractivity contribution < 1.29 is 13.3 Å². The Morgan fingerprint density at radius 3 is 2.22 bits per heavy atom. The molecule has 0 atom stereocenters. The minimum Gasteiger partial charge on any atom is -0.258 e. The average molecular weight is 332 g/mol. The van der Waals surface area contributed by atoms with E-state index in [4.69, 9.17) is 0 Å². The van der Waals surface area contributed by atoms with Crippen LogP contribution in [0.4, 0.5) is 11.4 Å². The molecule has 0 aliphatic rings. The van der Waals surface area contributed by atoms with Gasteiger partial charge in [0.05, 0.1) is 15.5 Å². The summed E-state index contributed by atoms with van der Waals surface area (Å²) in [5.41, 5.74) is 1.64. The zero-order chi connectivity index (χ0) is 17.2. The molecule has 6 nitrogen and oxygen atoms in total. The van der Waals surface area contributed by atoms with Gasteiger partial charge in [0, 0.05) is 18.3 Å². The third kappa shape index (κ3) is 3.24. The van der Waals surface area contributed by atoms with Crippen LogP contribution in [0, 0.1) is 24.0 Å². The Hall–Kier alpha value is -2.67. The van der Waals surface area contributed by atoms with Crippen molar-refractivity contribution in [3.05, 3.63) is 76.5 Å². The van der Waals surface area contributed by atoms with E-state index in [2.05, 4.69) is 6.58 Å². The Bertz CT molecular complexity index is 858. The Morgan fingerprint density at radius 2 is 1.74 bits per heavy atom. The standard InChI is InChI=1S/C16H16N2O4S/c1-4-17(16-10-7-14(18(19)20)11-13(16)3)23(21,22)15-8-5-12(2)6-9-15/h4-11H,1H2,2-3H3. The molecule has 0 amide bonds. The highest BCUT2D eigenvalue weighted by molar-refractivity contribution is 7.93. The number of hydrogen-bond acceptors (Lipinski definition) is 4. The second kappa shape index (κ2) is 6.21. The molecule has 0 saturated heterocycles. The normalized spacial score (nSPS) is 11.0. The number of aryl methyl sites for hydroxylation is 2. The highest BCUT2D eigenvalue weighted by atomic mass is 32.2. The lowest BCUT2D eigenvalue weighted by atomic mass is 10.2. The molecule has 0 aromatic heterocycles. The lowest BCUT2D eigenvalue weighted by molar-refractivity contribution is -0.384. The van der Waals surface area contributed by atoms with Crippen LogP contribution in [0.25, 0.3) is 0 Å². The largest absolute Gasteiger partial charge is 0.269 e. The van der Waals surface area contributed by atoms with Crippen LogP contribution in [-0.2, 0) is 10.0 Å². The number of sulfonamides is 1. The fourth-order valence-electron chi connectivity index (χ4n) is 2.15. The molecule has 0 spiro atoms. The topological polar surface area (TPSA) is 80.5 Å². The Kier molecular flexibility index (Phi) is 4.51. The van der Waals surface area contributed by atoms with Crippen molar-refractivity contribution in [2.45, 2.75) is 18.7 Å². The SMILES string of the molecule is C=CN(c1ccc([N+](=O)[O-])cc1C)S(=O)(=O)c1ccc(C)cc1. The zero-order valence-corrected chi connectivity index (χ0v) is 13.6. The van der Waals surface area contributed by atoms with Crippen LogP contribution in [0.2, 0.25) is 0 Å². The van der Waals surface area contributed by atoms with Gasteiger partial charge in [-0.15, -0.1) is 0 Å². The van der Waals surface area contributed by atoms with Gasteiger partial charge < -0.3 is 0 Å². The molecule has 120 valence electrons. The number of benzene rings is 2. The quantitative estimate of drug-likeness (QED) is 0.619. The van der Waals surface area contributed by atoms with Gasteiger partial charge in [-0.05, 0) is 37.6 Å². The van der Waals surface area contributed by atoms with Gasteiger partial charge in [0.2, 0.25) is 0 Å². The van der Waals surface area contributed by atoms with Crippen LogP contribution >= 0.6 is 0 Å². The Morgan fingerprint density at radius 1 is 1.13 bits per heavy atom. The summed E-state index contributed by atoms with van der Waals surface area (Å²) in [5.74, 6) is 0. The molecule has 0 saturated carbocycles. The van der Waals surface area contributed by atoms with Crippen LogP contribution in [0.15, 0.2) is 60.1 Å². The first-order chi connectivity index (χ1) is 10.8. The number of rotatable bonds is 5. The molecule has 0 aliphatic heterocycles. The zero-order valence-electron chi connectivity index (χ0n) is 12.8. The van der Waals surface area contributed by atoms with E-state index in [1.807, 2.05) is 6.92 Å². The van der Waals surface area contributed by atoms with E-state index in [-0.39, 0.29) is 10.6 Å². The first-order valence-electron chi connectivity index (χ1n) is 6.76. The molecular formula is C16H16N2O4S. The summed E-state index contributed by atoms with van der Waals surface area (Å²) < 4.78 is 26.6. The van der Waals surface area contributed by atoms with E-state index in [1.54, 1.807) is 19.1 Å². The van der Waals surface area contributed by atoms with Gasteiger partial charge in [0.25, 0.3) is 15.7 Å². The Balaban J connectivity index is 2.53. The monoisotopic (exact) mass is 332 g/mol. The third-order valence-corrected chi connectivity index (χ3v) is 5.10. The molecule has 7 heteroatoms. The van der Waals surface area contributed by atoms with E-state index >= 15 is 0 Å². The van der Waals surface area contributed by atoms with Crippen LogP contribution in [0.1, 0.15) is 11.1 Å². The number of nitrogens with zero attached hydrogens (tertiary/aromatic N) is 2. The predicted molar refractivity (Wildman–Crippen MR) is 88.9 cm³/mol.